The van der Waals surface area contributed by atoms with Gasteiger partial charge < -0.3 is 15.4 Å². The summed E-state index contributed by atoms with van der Waals surface area (Å²) in [4.78, 5) is 11.7. The number of hydrogen-bond donors (Lipinski definition) is 3. The zero-order valence-corrected chi connectivity index (χ0v) is 13.3. The molecule has 20 heavy (non-hydrogen) atoms. The summed E-state index contributed by atoms with van der Waals surface area (Å²) < 4.78 is 5.25. The first-order valence-corrected chi connectivity index (χ1v) is 6.80. The third kappa shape index (κ3) is 6.06. The number of carbonyl (C=O) groups excluding carboxylic acids is 1. The molecule has 6 nitrogen and oxygen atoms in total. The first kappa shape index (κ1) is 16.5. The molecule has 1 heterocycles. The van der Waals surface area contributed by atoms with Crippen molar-refractivity contribution in [1.82, 2.24) is 20.8 Å². The van der Waals surface area contributed by atoms with Crippen LogP contribution in [0.15, 0.2) is 6.20 Å². The standard InChI is InChI=1S/C14H26N4O2/c1-10-11(8-16-18-10)7-15-9-14(5,6)17-12(19)20-13(2,3)4/h8,15H,7,9H2,1-6H3,(H,16,18)(H,17,19). The van der Waals surface area contributed by atoms with Crippen LogP contribution in [0.5, 0.6) is 0 Å². The van der Waals surface area contributed by atoms with Gasteiger partial charge in [-0.25, -0.2) is 4.79 Å². The van der Waals surface area contributed by atoms with Crippen molar-refractivity contribution in [3.05, 3.63) is 17.5 Å². The van der Waals surface area contributed by atoms with Gasteiger partial charge in [-0.15, -0.1) is 0 Å². The number of aromatic amines is 1. The quantitative estimate of drug-likeness (QED) is 0.773. The number of hydrogen-bond acceptors (Lipinski definition) is 4. The summed E-state index contributed by atoms with van der Waals surface area (Å²) >= 11 is 0. The smallest absolute Gasteiger partial charge is 0.408 e. The Labute approximate surface area is 120 Å². The molecule has 114 valence electrons. The molecular weight excluding hydrogens is 256 g/mol. The highest BCUT2D eigenvalue weighted by Crippen LogP contribution is 2.09. The molecule has 1 amide bonds. The largest absolute Gasteiger partial charge is 0.444 e. The van der Waals surface area contributed by atoms with Gasteiger partial charge in [-0.2, -0.15) is 5.10 Å². The SMILES string of the molecule is Cc1[nH]ncc1CNCC(C)(C)NC(=O)OC(C)(C)C. The van der Waals surface area contributed by atoms with E-state index in [0.29, 0.717) is 13.1 Å². The fourth-order valence-electron chi connectivity index (χ4n) is 1.69. The normalized spacial score (nSPS) is 12.3. The molecule has 0 bridgehead atoms. The Hall–Kier alpha value is -1.56. The second-order valence-electron chi connectivity index (χ2n) is 6.63. The lowest BCUT2D eigenvalue weighted by Crippen LogP contribution is -2.51. The van der Waals surface area contributed by atoms with Crippen LogP contribution in [0.3, 0.4) is 0 Å². The highest BCUT2D eigenvalue weighted by atomic mass is 16.6. The van der Waals surface area contributed by atoms with Crippen molar-refractivity contribution < 1.29 is 9.53 Å². The van der Waals surface area contributed by atoms with Crippen molar-refractivity contribution in [1.29, 1.82) is 0 Å². The summed E-state index contributed by atoms with van der Waals surface area (Å²) in [6, 6.07) is 0. The highest BCUT2D eigenvalue weighted by Gasteiger charge is 2.24. The molecule has 1 aromatic heterocycles. The molecule has 0 fully saturated rings. The lowest BCUT2D eigenvalue weighted by Gasteiger charge is -2.29. The van der Waals surface area contributed by atoms with Gasteiger partial charge in [-0.3, -0.25) is 5.10 Å². The topological polar surface area (TPSA) is 79.0 Å². The number of amides is 1. The van der Waals surface area contributed by atoms with Gasteiger partial charge in [0.2, 0.25) is 0 Å². The van der Waals surface area contributed by atoms with Crippen LogP contribution in [0, 0.1) is 6.92 Å². The molecule has 0 radical (unpaired) electrons. The van der Waals surface area contributed by atoms with E-state index in [-0.39, 0.29) is 5.54 Å². The number of aryl methyl sites for hydroxylation is 1. The first-order chi connectivity index (χ1) is 9.09. The zero-order valence-electron chi connectivity index (χ0n) is 13.3. The number of aromatic nitrogens is 2. The van der Waals surface area contributed by atoms with E-state index in [0.717, 1.165) is 11.3 Å². The first-order valence-electron chi connectivity index (χ1n) is 6.80. The summed E-state index contributed by atoms with van der Waals surface area (Å²) in [5.74, 6) is 0. The summed E-state index contributed by atoms with van der Waals surface area (Å²) in [5.41, 5.74) is 1.30. The monoisotopic (exact) mass is 282 g/mol. The van der Waals surface area contributed by atoms with Gasteiger partial charge in [-0.05, 0) is 41.5 Å². The molecule has 3 N–H and O–H groups in total. The summed E-state index contributed by atoms with van der Waals surface area (Å²) in [6.45, 7) is 12.8. The number of ether oxygens (including phenoxy) is 1. The Morgan fingerprint density at radius 3 is 2.50 bits per heavy atom. The van der Waals surface area contributed by atoms with Gasteiger partial charge in [-0.1, -0.05) is 0 Å². The van der Waals surface area contributed by atoms with Gasteiger partial charge in [0.15, 0.2) is 0 Å². The van der Waals surface area contributed by atoms with Gasteiger partial charge >= 0.3 is 6.09 Å². The second kappa shape index (κ2) is 6.26. The van der Waals surface area contributed by atoms with Crippen molar-refractivity contribution in [2.45, 2.75) is 59.2 Å². The van der Waals surface area contributed by atoms with E-state index in [1.165, 1.54) is 0 Å². The van der Waals surface area contributed by atoms with E-state index in [9.17, 15) is 4.79 Å². The van der Waals surface area contributed by atoms with Crippen molar-refractivity contribution in [3.8, 4) is 0 Å². The van der Waals surface area contributed by atoms with Crippen LogP contribution >= 0.6 is 0 Å². The number of alkyl carbamates (subject to hydrolysis) is 1. The minimum Gasteiger partial charge on any atom is -0.444 e. The third-order valence-electron chi connectivity index (χ3n) is 2.66. The summed E-state index contributed by atoms with van der Waals surface area (Å²) in [7, 11) is 0. The van der Waals surface area contributed by atoms with Crippen molar-refractivity contribution in [2.24, 2.45) is 0 Å². The van der Waals surface area contributed by atoms with Gasteiger partial charge in [0.05, 0.1) is 11.7 Å². The third-order valence-corrected chi connectivity index (χ3v) is 2.66. The van der Waals surface area contributed by atoms with Crippen LogP contribution in [0.4, 0.5) is 4.79 Å². The lowest BCUT2D eigenvalue weighted by atomic mass is 10.1. The van der Waals surface area contributed by atoms with Crippen LogP contribution in [0.2, 0.25) is 0 Å². The molecule has 1 rings (SSSR count). The number of rotatable bonds is 5. The maximum absolute atomic E-state index is 11.7. The maximum Gasteiger partial charge on any atom is 0.408 e. The van der Waals surface area contributed by atoms with Crippen molar-refractivity contribution in [2.75, 3.05) is 6.54 Å². The molecule has 1 aromatic rings. The fourth-order valence-corrected chi connectivity index (χ4v) is 1.69. The lowest BCUT2D eigenvalue weighted by molar-refractivity contribution is 0.0472. The Morgan fingerprint density at radius 2 is 2.00 bits per heavy atom. The number of H-pyrrole nitrogens is 1. The molecule has 0 saturated carbocycles. The Kier molecular flexibility index (Phi) is 5.16. The van der Waals surface area contributed by atoms with E-state index in [1.54, 1.807) is 6.20 Å². The minimum atomic E-state index is -0.485. The molecule has 6 heteroatoms. The summed E-state index contributed by atoms with van der Waals surface area (Å²) in [5, 5.41) is 13.0. The second-order valence-corrected chi connectivity index (χ2v) is 6.63. The van der Waals surface area contributed by atoms with Crippen molar-refractivity contribution in [3.63, 3.8) is 0 Å². The van der Waals surface area contributed by atoms with Gasteiger partial charge in [0.25, 0.3) is 0 Å². The summed E-state index contributed by atoms with van der Waals surface area (Å²) in [6.07, 6.45) is 1.40. The Morgan fingerprint density at radius 1 is 1.35 bits per heavy atom. The van der Waals surface area contributed by atoms with Crippen LogP contribution in [0.1, 0.15) is 45.9 Å². The maximum atomic E-state index is 11.7. The van der Waals surface area contributed by atoms with Crippen LogP contribution in [-0.4, -0.2) is 34.0 Å². The molecule has 0 aliphatic rings. The number of nitrogens with one attached hydrogen (secondary N) is 3. The Balaban J connectivity index is 2.38. The molecule has 0 saturated heterocycles. The van der Waals surface area contributed by atoms with Gasteiger partial charge in [0.1, 0.15) is 5.60 Å². The van der Waals surface area contributed by atoms with Crippen LogP contribution < -0.4 is 10.6 Å². The van der Waals surface area contributed by atoms with Crippen LogP contribution in [-0.2, 0) is 11.3 Å². The predicted octanol–water partition coefficient (Wildman–Crippen LogP) is 2.11. The van der Waals surface area contributed by atoms with Crippen LogP contribution in [0.25, 0.3) is 0 Å². The molecule has 0 aliphatic carbocycles. The molecule has 0 spiro atoms. The van der Waals surface area contributed by atoms with Gasteiger partial charge in [0, 0.05) is 24.3 Å². The van der Waals surface area contributed by atoms with Crippen molar-refractivity contribution >= 4 is 6.09 Å². The molecule has 0 aromatic carbocycles. The Bertz CT molecular complexity index is 446. The average molecular weight is 282 g/mol. The zero-order chi connectivity index (χ0) is 15.4. The van der Waals surface area contributed by atoms with E-state index in [1.807, 2.05) is 41.5 Å². The fraction of sp³-hybridized carbons (Fsp3) is 0.714. The number of nitrogens with zero attached hydrogens (tertiary/aromatic N) is 1. The van der Waals surface area contributed by atoms with E-state index < -0.39 is 11.7 Å². The predicted molar refractivity (Wildman–Crippen MR) is 78.5 cm³/mol. The molecular formula is C14H26N4O2. The highest BCUT2D eigenvalue weighted by molar-refractivity contribution is 5.68. The van der Waals surface area contributed by atoms with E-state index in [4.69, 9.17) is 4.74 Å². The molecule has 0 unspecified atom stereocenters. The molecule has 0 atom stereocenters. The average Bonchev–Trinajstić information content (AvgIpc) is 2.60. The van der Waals surface area contributed by atoms with E-state index in [2.05, 4.69) is 20.8 Å². The minimum absolute atomic E-state index is 0.389. The number of carbonyl (C=O) groups is 1. The van der Waals surface area contributed by atoms with E-state index >= 15 is 0 Å². The molecule has 0 aliphatic heterocycles.